The number of aromatic nitrogens is 2. The zero-order chi connectivity index (χ0) is 17.5. The predicted octanol–water partition coefficient (Wildman–Crippen LogP) is 4.84. The van der Waals surface area contributed by atoms with Crippen LogP contribution in [0.15, 0.2) is 53.5 Å². The standard InChI is InChI=1S/C21H17N3OS/c1-25-13-6-7-14-15-10-11-22-17(21(15)24-18(14)12-13)8-9-20-23-16-4-2-3-5-19(16)26-20/h2-9,12,24H,10-11H2,1H3/b9-8+. The largest absolute Gasteiger partial charge is 0.497 e. The van der Waals surface area contributed by atoms with Crippen LogP contribution in [0.2, 0.25) is 0 Å². The number of aliphatic imine (C=N–C) groups is 1. The number of fused-ring (bicyclic) bond motifs is 4. The lowest BCUT2D eigenvalue weighted by molar-refractivity contribution is 0.415. The van der Waals surface area contributed by atoms with Crippen molar-refractivity contribution in [3.8, 4) is 5.75 Å². The van der Waals surface area contributed by atoms with Crippen molar-refractivity contribution in [2.75, 3.05) is 13.7 Å². The van der Waals surface area contributed by atoms with Gasteiger partial charge in [0.05, 0.1) is 28.7 Å². The van der Waals surface area contributed by atoms with Crippen LogP contribution in [0.25, 0.3) is 27.2 Å². The summed E-state index contributed by atoms with van der Waals surface area (Å²) in [6.45, 7) is 0.811. The van der Waals surface area contributed by atoms with Crippen LogP contribution in [0.4, 0.5) is 0 Å². The third-order valence-corrected chi connectivity index (χ3v) is 5.71. The van der Waals surface area contributed by atoms with Crippen molar-refractivity contribution in [2.45, 2.75) is 6.42 Å². The van der Waals surface area contributed by atoms with E-state index in [1.807, 2.05) is 30.3 Å². The van der Waals surface area contributed by atoms with Gasteiger partial charge in [-0.15, -0.1) is 11.3 Å². The maximum absolute atomic E-state index is 5.34. The number of para-hydroxylation sites is 1. The summed E-state index contributed by atoms with van der Waals surface area (Å²) in [5.41, 5.74) is 5.57. The number of hydrogen-bond donors (Lipinski definition) is 1. The highest BCUT2D eigenvalue weighted by molar-refractivity contribution is 7.19. The maximum atomic E-state index is 5.34. The molecule has 4 aromatic rings. The fourth-order valence-electron chi connectivity index (χ4n) is 3.45. The average molecular weight is 359 g/mol. The Morgan fingerprint density at radius 3 is 2.96 bits per heavy atom. The molecule has 4 nitrogen and oxygen atoms in total. The molecule has 1 aliphatic rings. The number of nitrogens with zero attached hydrogens (tertiary/aromatic N) is 2. The molecule has 0 unspecified atom stereocenters. The van der Waals surface area contributed by atoms with E-state index in [4.69, 9.17) is 9.73 Å². The molecular weight excluding hydrogens is 342 g/mol. The van der Waals surface area contributed by atoms with E-state index in [-0.39, 0.29) is 0 Å². The zero-order valence-corrected chi connectivity index (χ0v) is 15.1. The number of aromatic amines is 1. The van der Waals surface area contributed by atoms with Crippen molar-refractivity contribution in [2.24, 2.45) is 4.99 Å². The third-order valence-electron chi connectivity index (χ3n) is 4.71. The molecular formula is C21H17N3OS. The second kappa shape index (κ2) is 6.11. The first-order valence-corrected chi connectivity index (χ1v) is 9.40. The van der Waals surface area contributed by atoms with E-state index in [0.29, 0.717) is 0 Å². The summed E-state index contributed by atoms with van der Waals surface area (Å²) in [5, 5.41) is 2.25. The lowest BCUT2D eigenvalue weighted by Gasteiger charge is -2.10. The first-order valence-electron chi connectivity index (χ1n) is 8.59. The van der Waals surface area contributed by atoms with Gasteiger partial charge in [0.1, 0.15) is 10.8 Å². The van der Waals surface area contributed by atoms with E-state index in [0.717, 1.165) is 46.2 Å². The minimum Gasteiger partial charge on any atom is -0.497 e. The van der Waals surface area contributed by atoms with Gasteiger partial charge >= 0.3 is 0 Å². The summed E-state index contributed by atoms with van der Waals surface area (Å²) in [6.07, 6.45) is 5.09. The van der Waals surface area contributed by atoms with Crippen molar-refractivity contribution < 1.29 is 4.74 Å². The molecule has 0 saturated heterocycles. The van der Waals surface area contributed by atoms with Crippen LogP contribution in [-0.2, 0) is 6.42 Å². The molecule has 5 rings (SSSR count). The molecule has 0 atom stereocenters. The number of allylic oxidation sites excluding steroid dienone is 1. The fourth-order valence-corrected chi connectivity index (χ4v) is 4.33. The molecule has 0 spiro atoms. The Morgan fingerprint density at radius 2 is 2.08 bits per heavy atom. The summed E-state index contributed by atoms with van der Waals surface area (Å²) in [4.78, 5) is 12.9. The third kappa shape index (κ3) is 2.52. The zero-order valence-electron chi connectivity index (χ0n) is 14.3. The normalized spacial score (nSPS) is 14.1. The number of thiazole rings is 1. The first kappa shape index (κ1) is 15.3. The fraction of sp³-hybridized carbons (Fsp3) is 0.143. The second-order valence-electron chi connectivity index (χ2n) is 6.26. The molecule has 0 fully saturated rings. The second-order valence-corrected chi connectivity index (χ2v) is 7.32. The summed E-state index contributed by atoms with van der Waals surface area (Å²) in [6, 6.07) is 14.4. The molecule has 0 bridgehead atoms. The Bertz CT molecular complexity index is 1150. The van der Waals surface area contributed by atoms with Crippen molar-refractivity contribution in [3.05, 3.63) is 64.8 Å². The molecule has 0 amide bonds. The average Bonchev–Trinajstić information content (AvgIpc) is 3.26. The highest BCUT2D eigenvalue weighted by Gasteiger charge is 2.18. The van der Waals surface area contributed by atoms with Crippen LogP contribution in [0, 0.1) is 0 Å². The summed E-state index contributed by atoms with van der Waals surface area (Å²) in [5.74, 6) is 0.861. The molecule has 1 N–H and O–H groups in total. The SMILES string of the molecule is COc1ccc2c3c([nH]c2c1)C(/C=C/c1nc2ccccc2s1)=NCC3. The van der Waals surface area contributed by atoms with E-state index in [9.17, 15) is 0 Å². The minimum absolute atomic E-state index is 0.811. The van der Waals surface area contributed by atoms with E-state index in [1.54, 1.807) is 18.4 Å². The molecule has 26 heavy (non-hydrogen) atoms. The Kier molecular flexibility index (Phi) is 3.60. The molecule has 1 aliphatic heterocycles. The van der Waals surface area contributed by atoms with E-state index in [1.165, 1.54) is 15.6 Å². The highest BCUT2D eigenvalue weighted by atomic mass is 32.1. The smallest absolute Gasteiger partial charge is 0.120 e. The van der Waals surface area contributed by atoms with Crippen LogP contribution in [-0.4, -0.2) is 29.3 Å². The molecule has 2 aromatic carbocycles. The van der Waals surface area contributed by atoms with Crippen LogP contribution in [0.5, 0.6) is 5.75 Å². The lowest BCUT2D eigenvalue weighted by Crippen LogP contribution is -2.09. The minimum atomic E-state index is 0.811. The number of H-pyrrole nitrogens is 1. The Labute approximate surface area is 154 Å². The number of ether oxygens (including phenoxy) is 1. The number of hydrogen-bond acceptors (Lipinski definition) is 4. The van der Waals surface area contributed by atoms with Gasteiger partial charge in [0.25, 0.3) is 0 Å². The van der Waals surface area contributed by atoms with E-state index >= 15 is 0 Å². The first-order chi connectivity index (χ1) is 12.8. The van der Waals surface area contributed by atoms with Crippen LogP contribution in [0.1, 0.15) is 16.3 Å². The Balaban J connectivity index is 1.53. The van der Waals surface area contributed by atoms with Crippen molar-refractivity contribution >= 4 is 44.2 Å². The topological polar surface area (TPSA) is 50.3 Å². The van der Waals surface area contributed by atoms with Gasteiger partial charge in [-0.2, -0.15) is 0 Å². The van der Waals surface area contributed by atoms with Crippen LogP contribution < -0.4 is 4.74 Å². The molecule has 128 valence electrons. The molecule has 3 heterocycles. The van der Waals surface area contributed by atoms with E-state index < -0.39 is 0 Å². The number of benzene rings is 2. The van der Waals surface area contributed by atoms with Crippen LogP contribution in [0.3, 0.4) is 0 Å². The molecule has 2 aromatic heterocycles. The monoisotopic (exact) mass is 359 g/mol. The highest BCUT2D eigenvalue weighted by Crippen LogP contribution is 2.30. The van der Waals surface area contributed by atoms with Crippen molar-refractivity contribution in [1.82, 2.24) is 9.97 Å². The number of nitrogens with one attached hydrogen (secondary N) is 1. The lowest BCUT2D eigenvalue weighted by atomic mass is 10.0. The molecule has 0 aliphatic carbocycles. The molecule has 0 saturated carbocycles. The number of methoxy groups -OCH3 is 1. The predicted molar refractivity (Wildman–Crippen MR) is 109 cm³/mol. The van der Waals surface area contributed by atoms with Gasteiger partial charge in [0, 0.05) is 23.5 Å². The Morgan fingerprint density at radius 1 is 1.15 bits per heavy atom. The summed E-state index contributed by atoms with van der Waals surface area (Å²) >= 11 is 1.70. The van der Waals surface area contributed by atoms with Gasteiger partial charge in [0.15, 0.2) is 0 Å². The number of rotatable bonds is 3. The van der Waals surface area contributed by atoms with Gasteiger partial charge < -0.3 is 9.72 Å². The van der Waals surface area contributed by atoms with Gasteiger partial charge in [-0.1, -0.05) is 12.1 Å². The Hall–Kier alpha value is -2.92. The molecule has 0 radical (unpaired) electrons. The van der Waals surface area contributed by atoms with E-state index in [2.05, 4.69) is 34.3 Å². The quantitative estimate of drug-likeness (QED) is 0.569. The van der Waals surface area contributed by atoms with Gasteiger partial charge in [-0.25, -0.2) is 4.98 Å². The van der Waals surface area contributed by atoms with Crippen molar-refractivity contribution in [1.29, 1.82) is 0 Å². The van der Waals surface area contributed by atoms with Crippen LogP contribution >= 0.6 is 11.3 Å². The van der Waals surface area contributed by atoms with Gasteiger partial charge in [-0.3, -0.25) is 4.99 Å². The van der Waals surface area contributed by atoms with Gasteiger partial charge in [-0.05, 0) is 48.4 Å². The maximum Gasteiger partial charge on any atom is 0.120 e. The van der Waals surface area contributed by atoms with Crippen molar-refractivity contribution in [3.63, 3.8) is 0 Å². The van der Waals surface area contributed by atoms with Gasteiger partial charge in [0.2, 0.25) is 0 Å². The summed E-state index contributed by atoms with van der Waals surface area (Å²) < 4.78 is 6.55. The molecule has 5 heteroatoms. The summed E-state index contributed by atoms with van der Waals surface area (Å²) in [7, 11) is 1.69.